The largest absolute Gasteiger partial charge is 0.323 e. The normalized spacial score (nSPS) is 11.1. The van der Waals surface area contributed by atoms with E-state index in [4.69, 9.17) is 35.4 Å². The zero-order valence-corrected chi connectivity index (χ0v) is 12.5. The molecule has 96 valence electrons. The van der Waals surface area contributed by atoms with Gasteiger partial charge in [-0.15, -0.1) is 11.3 Å². The molecule has 3 nitrogen and oxygen atoms in total. The number of rotatable bonds is 1. The van der Waals surface area contributed by atoms with Crippen LogP contribution < -0.4 is 5.56 Å². The van der Waals surface area contributed by atoms with E-state index in [-0.39, 0.29) is 5.56 Å². The molecular formula is C12H6Cl2N2OS2. The van der Waals surface area contributed by atoms with Gasteiger partial charge in [0.15, 0.2) is 4.77 Å². The first kappa shape index (κ1) is 12.9. The molecule has 0 spiro atoms. The molecule has 0 bridgehead atoms. The van der Waals surface area contributed by atoms with Gasteiger partial charge in [-0.25, -0.2) is 0 Å². The van der Waals surface area contributed by atoms with E-state index in [0.29, 0.717) is 25.9 Å². The van der Waals surface area contributed by atoms with Gasteiger partial charge >= 0.3 is 0 Å². The number of nitrogens with one attached hydrogen (secondary N) is 1. The molecule has 0 atom stereocenters. The Kier molecular flexibility index (Phi) is 3.22. The third-order valence-electron chi connectivity index (χ3n) is 2.67. The van der Waals surface area contributed by atoms with Crippen LogP contribution in [0.25, 0.3) is 15.9 Å². The molecule has 0 radical (unpaired) electrons. The summed E-state index contributed by atoms with van der Waals surface area (Å²) in [4.78, 5) is 16.2. The van der Waals surface area contributed by atoms with Gasteiger partial charge in [-0.05, 0) is 41.9 Å². The number of H-pyrrole nitrogens is 1. The molecule has 0 amide bonds. The highest BCUT2D eigenvalue weighted by molar-refractivity contribution is 7.71. The van der Waals surface area contributed by atoms with Crippen molar-refractivity contribution in [1.82, 2.24) is 9.55 Å². The second-order valence-electron chi connectivity index (χ2n) is 3.83. The van der Waals surface area contributed by atoms with Gasteiger partial charge in [0.1, 0.15) is 4.83 Å². The molecule has 2 aromatic heterocycles. The van der Waals surface area contributed by atoms with Gasteiger partial charge in [-0.1, -0.05) is 23.2 Å². The lowest BCUT2D eigenvalue weighted by atomic mass is 10.3. The summed E-state index contributed by atoms with van der Waals surface area (Å²) in [6.45, 7) is 0. The van der Waals surface area contributed by atoms with Crippen molar-refractivity contribution in [3.05, 3.63) is 54.8 Å². The van der Waals surface area contributed by atoms with Crippen molar-refractivity contribution in [2.24, 2.45) is 0 Å². The van der Waals surface area contributed by atoms with Crippen LogP contribution in [0.5, 0.6) is 0 Å². The van der Waals surface area contributed by atoms with Gasteiger partial charge in [-0.3, -0.25) is 9.36 Å². The SMILES string of the molecule is O=c1c2ccsc2[nH]c(=S)n1-c1ccc(Cl)cc1Cl. The quantitative estimate of drug-likeness (QED) is 0.671. The fourth-order valence-electron chi connectivity index (χ4n) is 1.82. The molecular weight excluding hydrogens is 323 g/mol. The number of hydrogen-bond acceptors (Lipinski definition) is 3. The fraction of sp³-hybridized carbons (Fsp3) is 0. The first-order valence-corrected chi connectivity index (χ1v) is 7.30. The van der Waals surface area contributed by atoms with Crippen LogP contribution in [0.2, 0.25) is 10.0 Å². The second kappa shape index (κ2) is 4.76. The topological polar surface area (TPSA) is 37.8 Å². The number of thiophene rings is 1. The minimum atomic E-state index is -0.191. The summed E-state index contributed by atoms with van der Waals surface area (Å²) in [5, 5.41) is 3.31. The van der Waals surface area contributed by atoms with Crippen molar-refractivity contribution in [2.45, 2.75) is 0 Å². The lowest BCUT2D eigenvalue weighted by Crippen LogP contribution is -2.20. The third-order valence-corrected chi connectivity index (χ3v) is 4.33. The third kappa shape index (κ3) is 2.12. The van der Waals surface area contributed by atoms with E-state index < -0.39 is 0 Å². The minimum absolute atomic E-state index is 0.191. The number of hydrogen-bond donors (Lipinski definition) is 1. The summed E-state index contributed by atoms with van der Waals surface area (Å²) in [5.74, 6) is 0. The van der Waals surface area contributed by atoms with E-state index in [0.717, 1.165) is 4.83 Å². The molecule has 0 saturated carbocycles. The van der Waals surface area contributed by atoms with Crippen LogP contribution in [0.15, 0.2) is 34.4 Å². The lowest BCUT2D eigenvalue weighted by Gasteiger charge is -2.08. The zero-order valence-electron chi connectivity index (χ0n) is 9.31. The number of halogens is 2. The Morgan fingerprint density at radius 2 is 2.05 bits per heavy atom. The molecule has 0 unspecified atom stereocenters. The summed E-state index contributed by atoms with van der Waals surface area (Å²) < 4.78 is 1.69. The predicted octanol–water partition coefficient (Wildman–Crippen LogP) is 4.42. The highest BCUT2D eigenvalue weighted by atomic mass is 35.5. The van der Waals surface area contributed by atoms with Gasteiger partial charge in [0.05, 0.1) is 16.1 Å². The van der Waals surface area contributed by atoms with Crippen molar-refractivity contribution in [1.29, 1.82) is 0 Å². The maximum absolute atomic E-state index is 12.4. The second-order valence-corrected chi connectivity index (χ2v) is 5.98. The standard InChI is InChI=1S/C12H6Cl2N2OS2/c13-6-1-2-9(8(14)5-6)16-11(17)7-3-4-19-10(7)15-12(16)18/h1-5H,(H,15,18). The molecule has 3 aromatic rings. The zero-order chi connectivity index (χ0) is 13.6. The predicted molar refractivity (Wildman–Crippen MR) is 82.6 cm³/mol. The lowest BCUT2D eigenvalue weighted by molar-refractivity contribution is 0.943. The fourth-order valence-corrected chi connectivity index (χ4v) is 3.44. The number of fused-ring (bicyclic) bond motifs is 1. The van der Waals surface area contributed by atoms with E-state index in [9.17, 15) is 4.79 Å². The van der Waals surface area contributed by atoms with Gasteiger partial charge in [0.25, 0.3) is 5.56 Å². The summed E-state index contributed by atoms with van der Waals surface area (Å²) in [6, 6.07) is 6.68. The average molecular weight is 329 g/mol. The van der Waals surface area contributed by atoms with Crippen LogP contribution in [0.4, 0.5) is 0 Å². The Bertz CT molecular complexity index is 895. The number of benzene rings is 1. The summed E-state index contributed by atoms with van der Waals surface area (Å²) in [5.41, 5.74) is 0.328. The number of aromatic nitrogens is 2. The first-order chi connectivity index (χ1) is 9.08. The van der Waals surface area contributed by atoms with Crippen LogP contribution in [0.3, 0.4) is 0 Å². The Labute approximate surface area is 127 Å². The highest BCUT2D eigenvalue weighted by Crippen LogP contribution is 2.24. The minimum Gasteiger partial charge on any atom is -0.323 e. The molecule has 2 heterocycles. The van der Waals surface area contributed by atoms with Gasteiger partial charge in [-0.2, -0.15) is 0 Å². The first-order valence-electron chi connectivity index (χ1n) is 5.26. The Morgan fingerprint density at radius 3 is 2.79 bits per heavy atom. The van der Waals surface area contributed by atoms with Crippen molar-refractivity contribution in [3.8, 4) is 5.69 Å². The maximum Gasteiger partial charge on any atom is 0.267 e. The molecule has 0 fully saturated rings. The van der Waals surface area contributed by atoms with Gasteiger partial charge in [0.2, 0.25) is 0 Å². The molecule has 0 aliphatic carbocycles. The van der Waals surface area contributed by atoms with Crippen LogP contribution in [-0.4, -0.2) is 9.55 Å². The van der Waals surface area contributed by atoms with Crippen molar-refractivity contribution in [3.63, 3.8) is 0 Å². The molecule has 19 heavy (non-hydrogen) atoms. The van der Waals surface area contributed by atoms with Crippen molar-refractivity contribution >= 4 is 57.0 Å². The molecule has 3 rings (SSSR count). The van der Waals surface area contributed by atoms with Crippen LogP contribution >= 0.6 is 46.8 Å². The van der Waals surface area contributed by atoms with Crippen LogP contribution in [-0.2, 0) is 0 Å². The smallest absolute Gasteiger partial charge is 0.267 e. The number of nitrogens with zero attached hydrogens (tertiary/aromatic N) is 1. The molecule has 1 N–H and O–H groups in total. The van der Waals surface area contributed by atoms with Crippen molar-refractivity contribution in [2.75, 3.05) is 0 Å². The van der Waals surface area contributed by atoms with E-state index in [1.807, 2.05) is 5.38 Å². The summed E-state index contributed by atoms with van der Waals surface area (Å²) in [6.07, 6.45) is 0. The Balaban J connectivity index is 2.42. The average Bonchev–Trinajstić information content (AvgIpc) is 2.80. The summed E-state index contributed by atoms with van der Waals surface area (Å²) in [7, 11) is 0. The van der Waals surface area contributed by atoms with Crippen molar-refractivity contribution < 1.29 is 0 Å². The number of aromatic amines is 1. The van der Waals surface area contributed by atoms with E-state index >= 15 is 0 Å². The monoisotopic (exact) mass is 328 g/mol. The molecule has 0 aliphatic heterocycles. The summed E-state index contributed by atoms with van der Waals surface area (Å²) >= 11 is 18.7. The molecule has 7 heteroatoms. The highest BCUT2D eigenvalue weighted by Gasteiger charge is 2.11. The molecule has 0 saturated heterocycles. The molecule has 1 aromatic carbocycles. The maximum atomic E-state index is 12.4. The van der Waals surface area contributed by atoms with E-state index in [1.165, 1.54) is 15.9 Å². The van der Waals surface area contributed by atoms with E-state index in [1.54, 1.807) is 24.3 Å². The van der Waals surface area contributed by atoms with Crippen LogP contribution in [0.1, 0.15) is 0 Å². The van der Waals surface area contributed by atoms with Gasteiger partial charge in [0, 0.05) is 5.02 Å². The Morgan fingerprint density at radius 1 is 1.26 bits per heavy atom. The van der Waals surface area contributed by atoms with Crippen LogP contribution in [0, 0.1) is 4.77 Å². The van der Waals surface area contributed by atoms with E-state index in [2.05, 4.69) is 4.98 Å². The molecule has 0 aliphatic rings. The Hall–Kier alpha value is -1.14. The van der Waals surface area contributed by atoms with Gasteiger partial charge < -0.3 is 4.98 Å².